The Kier molecular flexibility index (Phi) is 4.78. The van der Waals surface area contributed by atoms with Crippen molar-refractivity contribution in [2.75, 3.05) is 12.8 Å². The SMILES string of the molecule is COc1ccc(/C=C(\C#N)C(=O)Oc2ccccc2N)cc1. The van der Waals surface area contributed by atoms with E-state index in [1.165, 1.54) is 6.08 Å². The molecule has 2 rings (SSSR count). The van der Waals surface area contributed by atoms with Crippen molar-refractivity contribution in [2.45, 2.75) is 0 Å². The average Bonchev–Trinajstić information content (AvgIpc) is 2.55. The number of nitrogen functional groups attached to an aromatic ring is 1. The van der Waals surface area contributed by atoms with Gasteiger partial charge < -0.3 is 15.2 Å². The lowest BCUT2D eigenvalue weighted by Gasteiger charge is -2.06. The highest BCUT2D eigenvalue weighted by atomic mass is 16.5. The molecule has 0 amide bonds. The first-order valence-corrected chi connectivity index (χ1v) is 6.46. The summed E-state index contributed by atoms with van der Waals surface area (Å²) in [5.41, 5.74) is 6.61. The lowest BCUT2D eigenvalue weighted by molar-refractivity contribution is -0.129. The summed E-state index contributed by atoms with van der Waals surface area (Å²) >= 11 is 0. The van der Waals surface area contributed by atoms with Crippen LogP contribution in [0.15, 0.2) is 54.1 Å². The topological polar surface area (TPSA) is 85.3 Å². The van der Waals surface area contributed by atoms with Gasteiger partial charge in [0.1, 0.15) is 17.4 Å². The third-order valence-electron chi connectivity index (χ3n) is 2.89. The predicted molar refractivity (Wildman–Crippen MR) is 83.1 cm³/mol. The van der Waals surface area contributed by atoms with E-state index in [0.29, 0.717) is 17.0 Å². The van der Waals surface area contributed by atoms with E-state index in [-0.39, 0.29) is 11.3 Å². The van der Waals surface area contributed by atoms with E-state index in [4.69, 9.17) is 20.5 Å². The molecule has 110 valence electrons. The summed E-state index contributed by atoms with van der Waals surface area (Å²) in [5, 5.41) is 9.13. The fraction of sp³-hybridized carbons (Fsp3) is 0.0588. The average molecular weight is 294 g/mol. The zero-order valence-corrected chi connectivity index (χ0v) is 11.9. The molecule has 22 heavy (non-hydrogen) atoms. The molecule has 5 nitrogen and oxygen atoms in total. The number of rotatable bonds is 4. The number of benzene rings is 2. The third kappa shape index (κ3) is 3.64. The van der Waals surface area contributed by atoms with Crippen molar-refractivity contribution in [3.8, 4) is 17.6 Å². The maximum absolute atomic E-state index is 12.0. The number of ether oxygens (including phenoxy) is 2. The van der Waals surface area contributed by atoms with Crippen LogP contribution in [-0.4, -0.2) is 13.1 Å². The van der Waals surface area contributed by atoms with Crippen molar-refractivity contribution in [2.24, 2.45) is 0 Å². The van der Waals surface area contributed by atoms with Crippen LogP contribution in [0.5, 0.6) is 11.5 Å². The summed E-state index contributed by atoms with van der Waals surface area (Å²) < 4.78 is 10.2. The Morgan fingerprint density at radius 2 is 1.86 bits per heavy atom. The zero-order valence-electron chi connectivity index (χ0n) is 11.9. The fourth-order valence-electron chi connectivity index (χ4n) is 1.73. The minimum Gasteiger partial charge on any atom is -0.497 e. The lowest BCUT2D eigenvalue weighted by atomic mass is 10.1. The summed E-state index contributed by atoms with van der Waals surface area (Å²) in [6.07, 6.45) is 1.45. The minimum atomic E-state index is -0.754. The molecular formula is C17H14N2O3. The molecule has 0 saturated carbocycles. The van der Waals surface area contributed by atoms with Gasteiger partial charge in [-0.05, 0) is 35.9 Å². The second-order valence-electron chi connectivity index (χ2n) is 4.37. The molecule has 0 aromatic heterocycles. The van der Waals surface area contributed by atoms with Crippen LogP contribution in [-0.2, 0) is 4.79 Å². The van der Waals surface area contributed by atoms with Crippen LogP contribution >= 0.6 is 0 Å². The molecule has 2 N–H and O–H groups in total. The normalized spacial score (nSPS) is 10.6. The van der Waals surface area contributed by atoms with Gasteiger partial charge in [0.2, 0.25) is 0 Å². The van der Waals surface area contributed by atoms with Crippen molar-refractivity contribution in [3.63, 3.8) is 0 Å². The molecule has 0 heterocycles. The number of hydrogen-bond donors (Lipinski definition) is 1. The molecule has 0 aliphatic carbocycles. The van der Waals surface area contributed by atoms with E-state index in [9.17, 15) is 4.79 Å². The van der Waals surface area contributed by atoms with Crippen LogP contribution in [0.4, 0.5) is 5.69 Å². The lowest BCUT2D eigenvalue weighted by Crippen LogP contribution is -2.11. The molecule has 2 aromatic carbocycles. The molecule has 0 fully saturated rings. The van der Waals surface area contributed by atoms with Gasteiger partial charge in [-0.1, -0.05) is 24.3 Å². The number of carbonyl (C=O) groups excluding carboxylic acids is 1. The number of nitriles is 1. The monoisotopic (exact) mass is 294 g/mol. The van der Waals surface area contributed by atoms with Gasteiger partial charge in [-0.2, -0.15) is 5.26 Å². The number of para-hydroxylation sites is 2. The van der Waals surface area contributed by atoms with Crippen LogP contribution in [0.3, 0.4) is 0 Å². The molecule has 0 atom stereocenters. The summed E-state index contributed by atoms with van der Waals surface area (Å²) in [7, 11) is 1.56. The quantitative estimate of drug-likeness (QED) is 0.308. The molecular weight excluding hydrogens is 280 g/mol. The van der Waals surface area contributed by atoms with Gasteiger partial charge in [0.15, 0.2) is 5.75 Å². The maximum atomic E-state index is 12.0. The van der Waals surface area contributed by atoms with E-state index in [0.717, 1.165) is 0 Å². The first-order chi connectivity index (χ1) is 10.6. The Hall–Kier alpha value is -3.26. The van der Waals surface area contributed by atoms with Crippen LogP contribution in [0, 0.1) is 11.3 Å². The van der Waals surface area contributed by atoms with Gasteiger partial charge in [0, 0.05) is 0 Å². The van der Waals surface area contributed by atoms with Gasteiger partial charge in [-0.15, -0.1) is 0 Å². The van der Waals surface area contributed by atoms with E-state index in [2.05, 4.69) is 0 Å². The van der Waals surface area contributed by atoms with E-state index in [1.807, 2.05) is 6.07 Å². The number of carbonyl (C=O) groups is 1. The second kappa shape index (κ2) is 6.95. The maximum Gasteiger partial charge on any atom is 0.354 e. The summed E-state index contributed by atoms with van der Waals surface area (Å²) in [6.45, 7) is 0. The first-order valence-electron chi connectivity index (χ1n) is 6.46. The summed E-state index contributed by atoms with van der Waals surface area (Å²) in [6, 6.07) is 15.4. The number of nitrogens with zero attached hydrogens (tertiary/aromatic N) is 1. The van der Waals surface area contributed by atoms with Crippen molar-refractivity contribution < 1.29 is 14.3 Å². The number of esters is 1. The largest absolute Gasteiger partial charge is 0.497 e. The Bertz CT molecular complexity index is 743. The van der Waals surface area contributed by atoms with Gasteiger partial charge in [-0.25, -0.2) is 4.79 Å². The predicted octanol–water partition coefficient (Wildman–Crippen LogP) is 2.79. The summed E-state index contributed by atoms with van der Waals surface area (Å²) in [5.74, 6) is 0.162. The molecule has 0 aliphatic heterocycles. The Labute approximate surface area is 128 Å². The molecule has 0 saturated heterocycles. The van der Waals surface area contributed by atoms with Crippen molar-refractivity contribution >= 4 is 17.7 Å². The van der Waals surface area contributed by atoms with E-state index < -0.39 is 5.97 Å². The Balaban J connectivity index is 2.20. The van der Waals surface area contributed by atoms with Crippen LogP contribution in [0.1, 0.15) is 5.56 Å². The smallest absolute Gasteiger partial charge is 0.354 e. The number of hydrogen-bond acceptors (Lipinski definition) is 5. The Morgan fingerprint density at radius 3 is 2.45 bits per heavy atom. The standard InChI is InChI=1S/C17H14N2O3/c1-21-14-8-6-12(7-9-14)10-13(11-18)17(20)22-16-5-3-2-4-15(16)19/h2-10H,19H2,1H3/b13-10+. The molecule has 0 spiro atoms. The van der Waals surface area contributed by atoms with E-state index >= 15 is 0 Å². The number of methoxy groups -OCH3 is 1. The third-order valence-corrected chi connectivity index (χ3v) is 2.89. The Morgan fingerprint density at radius 1 is 1.18 bits per heavy atom. The molecule has 2 aromatic rings. The van der Waals surface area contributed by atoms with Gasteiger partial charge in [-0.3, -0.25) is 0 Å². The highest BCUT2D eigenvalue weighted by molar-refractivity contribution is 5.99. The summed E-state index contributed by atoms with van der Waals surface area (Å²) in [4.78, 5) is 12.0. The van der Waals surface area contributed by atoms with Crippen LogP contribution in [0.2, 0.25) is 0 Å². The number of nitrogens with two attached hydrogens (primary N) is 1. The molecule has 5 heteroatoms. The van der Waals surface area contributed by atoms with Crippen LogP contribution < -0.4 is 15.2 Å². The molecule has 0 bridgehead atoms. The van der Waals surface area contributed by atoms with Crippen LogP contribution in [0.25, 0.3) is 6.08 Å². The van der Waals surface area contributed by atoms with Gasteiger partial charge >= 0.3 is 5.97 Å². The number of anilines is 1. The minimum absolute atomic E-state index is 0.117. The zero-order chi connectivity index (χ0) is 15.9. The van der Waals surface area contributed by atoms with Gasteiger partial charge in [0.25, 0.3) is 0 Å². The van der Waals surface area contributed by atoms with Gasteiger partial charge in [0.05, 0.1) is 12.8 Å². The second-order valence-corrected chi connectivity index (χ2v) is 4.37. The molecule has 0 unspecified atom stereocenters. The van der Waals surface area contributed by atoms with E-state index in [1.54, 1.807) is 55.6 Å². The molecule has 0 radical (unpaired) electrons. The molecule has 0 aliphatic rings. The van der Waals surface area contributed by atoms with Crippen molar-refractivity contribution in [3.05, 3.63) is 59.7 Å². The van der Waals surface area contributed by atoms with Crippen molar-refractivity contribution in [1.82, 2.24) is 0 Å². The highest BCUT2D eigenvalue weighted by Crippen LogP contribution is 2.21. The highest BCUT2D eigenvalue weighted by Gasteiger charge is 2.13. The first kappa shape index (κ1) is 15.1. The van der Waals surface area contributed by atoms with Crippen molar-refractivity contribution in [1.29, 1.82) is 5.26 Å². The fourth-order valence-corrected chi connectivity index (χ4v) is 1.73.